The fourth-order valence-corrected chi connectivity index (χ4v) is 5.53. The molecule has 0 fully saturated rings. The van der Waals surface area contributed by atoms with Crippen molar-refractivity contribution in [3.63, 3.8) is 0 Å². The molecule has 0 aromatic heterocycles. The first kappa shape index (κ1) is 34.7. The molecule has 4 aromatic rings. The van der Waals surface area contributed by atoms with Gasteiger partial charge in [0.25, 0.3) is 0 Å². The van der Waals surface area contributed by atoms with Crippen LogP contribution in [-0.4, -0.2) is 57.7 Å². The van der Waals surface area contributed by atoms with E-state index in [0.717, 1.165) is 22.6 Å². The fraction of sp³-hybridized carbons (Fsp3) is 0.222. The second kappa shape index (κ2) is 15.4. The summed E-state index contributed by atoms with van der Waals surface area (Å²) in [5.41, 5.74) is 4.70. The average molecular weight is 679 g/mol. The smallest absolute Gasteiger partial charge is 0.240 e. The number of nitrogens with zero attached hydrogens (tertiary/aromatic N) is 4. The number of aromatic hydroxyl groups is 2. The van der Waals surface area contributed by atoms with Crippen molar-refractivity contribution in [3.8, 4) is 23.0 Å². The standard InChI is InChI=1S/2C18H18N2O3.Ni/c2*1-12(21)20-17(13-7-9-14(23-2)10-8-13)11-16(19-20)15-5-3-4-6-18(15)22;/h2*3-10,17,22H,11H2,1-2H3;. The van der Waals surface area contributed by atoms with Crippen molar-refractivity contribution in [1.82, 2.24) is 10.0 Å². The van der Waals surface area contributed by atoms with Crippen molar-refractivity contribution in [3.05, 3.63) is 119 Å². The predicted molar refractivity (Wildman–Crippen MR) is 175 cm³/mol. The molecule has 2 aliphatic heterocycles. The molecule has 0 saturated heterocycles. The Morgan fingerprint density at radius 1 is 0.617 bits per heavy atom. The summed E-state index contributed by atoms with van der Waals surface area (Å²) in [5.74, 6) is 1.62. The normalized spacial score (nSPS) is 16.7. The maximum atomic E-state index is 11.9. The van der Waals surface area contributed by atoms with Gasteiger partial charge >= 0.3 is 0 Å². The van der Waals surface area contributed by atoms with Gasteiger partial charge in [-0.2, -0.15) is 10.2 Å². The average Bonchev–Trinajstić information content (AvgIpc) is 3.72. The van der Waals surface area contributed by atoms with Gasteiger partial charge in [-0.15, -0.1) is 0 Å². The second-order valence-electron chi connectivity index (χ2n) is 10.8. The van der Waals surface area contributed by atoms with Gasteiger partial charge in [0, 0.05) is 54.3 Å². The summed E-state index contributed by atoms with van der Waals surface area (Å²) in [6, 6.07) is 28.9. The minimum absolute atomic E-state index is 0. The first-order valence-corrected chi connectivity index (χ1v) is 14.8. The van der Waals surface area contributed by atoms with Crippen molar-refractivity contribution >= 4 is 23.2 Å². The second-order valence-corrected chi connectivity index (χ2v) is 10.8. The zero-order valence-electron chi connectivity index (χ0n) is 26.4. The van der Waals surface area contributed by atoms with Crippen LogP contribution in [0.4, 0.5) is 0 Å². The summed E-state index contributed by atoms with van der Waals surface area (Å²) in [6.07, 6.45) is 1.12. The third-order valence-electron chi connectivity index (χ3n) is 7.90. The fourth-order valence-electron chi connectivity index (χ4n) is 5.53. The number of methoxy groups -OCH3 is 2. The van der Waals surface area contributed by atoms with E-state index in [0.29, 0.717) is 35.4 Å². The molecule has 2 heterocycles. The maximum Gasteiger partial charge on any atom is 0.240 e. The maximum absolute atomic E-state index is 11.9. The topological polar surface area (TPSA) is 124 Å². The number of para-hydroxylation sites is 2. The zero-order chi connectivity index (χ0) is 32.8. The Morgan fingerprint density at radius 2 is 0.957 bits per heavy atom. The molecular formula is C36H36N4NiO6. The number of ether oxygens (including phenoxy) is 2. The predicted octanol–water partition coefficient (Wildman–Crippen LogP) is 6.19. The summed E-state index contributed by atoms with van der Waals surface area (Å²) < 4.78 is 10.3. The SMILES string of the molecule is COc1ccc(C2CC(c3ccccc3O)=NN2C(C)=O)cc1.COc1ccc(C2CC(c3ccccc3O)=NN2C(C)=O)cc1.[Ni]. The number of carbonyl (C=O) groups excluding carboxylic acids is 2. The van der Waals surface area contributed by atoms with E-state index >= 15 is 0 Å². The van der Waals surface area contributed by atoms with Crippen LogP contribution in [0.2, 0.25) is 0 Å². The number of phenols is 2. The van der Waals surface area contributed by atoms with Crippen LogP contribution in [0.5, 0.6) is 23.0 Å². The van der Waals surface area contributed by atoms with E-state index in [1.54, 1.807) is 38.5 Å². The largest absolute Gasteiger partial charge is 0.507 e. The van der Waals surface area contributed by atoms with Gasteiger partial charge in [0.2, 0.25) is 11.8 Å². The van der Waals surface area contributed by atoms with Crippen LogP contribution >= 0.6 is 0 Å². The molecule has 2 amide bonds. The van der Waals surface area contributed by atoms with Crippen LogP contribution in [0.25, 0.3) is 0 Å². The van der Waals surface area contributed by atoms with Crippen molar-refractivity contribution in [2.45, 2.75) is 38.8 Å². The molecule has 11 heteroatoms. The number of hydrazone groups is 2. The minimum Gasteiger partial charge on any atom is -0.507 e. The Kier molecular flexibility index (Phi) is 11.4. The van der Waals surface area contributed by atoms with Gasteiger partial charge in [-0.3, -0.25) is 9.59 Å². The quantitative estimate of drug-likeness (QED) is 0.234. The van der Waals surface area contributed by atoms with Gasteiger partial charge < -0.3 is 19.7 Å². The molecule has 2 atom stereocenters. The van der Waals surface area contributed by atoms with E-state index in [1.807, 2.05) is 72.8 Å². The molecule has 47 heavy (non-hydrogen) atoms. The van der Waals surface area contributed by atoms with E-state index in [9.17, 15) is 19.8 Å². The number of hydrogen-bond donors (Lipinski definition) is 2. The first-order chi connectivity index (χ1) is 22.2. The summed E-state index contributed by atoms with van der Waals surface area (Å²) in [6.45, 7) is 2.99. The molecule has 0 bridgehead atoms. The summed E-state index contributed by atoms with van der Waals surface area (Å²) in [5, 5.41) is 31.8. The van der Waals surface area contributed by atoms with Gasteiger partial charge in [0.15, 0.2) is 0 Å². The van der Waals surface area contributed by atoms with Crippen molar-refractivity contribution in [2.75, 3.05) is 14.2 Å². The molecule has 0 radical (unpaired) electrons. The van der Waals surface area contributed by atoms with Crippen LogP contribution in [0.3, 0.4) is 0 Å². The molecule has 0 spiro atoms. The molecule has 2 unspecified atom stereocenters. The van der Waals surface area contributed by atoms with Crippen LogP contribution in [0.15, 0.2) is 107 Å². The van der Waals surface area contributed by atoms with Gasteiger partial charge in [-0.05, 0) is 59.7 Å². The van der Waals surface area contributed by atoms with E-state index in [4.69, 9.17) is 9.47 Å². The van der Waals surface area contributed by atoms with Crippen LogP contribution in [0, 0.1) is 0 Å². The molecule has 2 N–H and O–H groups in total. The molecule has 2 aliphatic rings. The van der Waals surface area contributed by atoms with Crippen molar-refractivity contribution in [2.24, 2.45) is 10.2 Å². The van der Waals surface area contributed by atoms with Crippen molar-refractivity contribution in [1.29, 1.82) is 0 Å². The molecule has 246 valence electrons. The number of hydrogen-bond acceptors (Lipinski definition) is 8. The van der Waals surface area contributed by atoms with E-state index in [1.165, 1.54) is 23.9 Å². The Morgan fingerprint density at radius 3 is 1.26 bits per heavy atom. The number of carbonyl (C=O) groups is 2. The number of benzene rings is 4. The number of amides is 2. The van der Waals surface area contributed by atoms with E-state index in [2.05, 4.69) is 10.2 Å². The number of phenolic OH excluding ortho intramolecular Hbond substituents is 2. The molecule has 6 rings (SSSR count). The Hall–Kier alpha value is -5.15. The van der Waals surface area contributed by atoms with E-state index < -0.39 is 0 Å². The molecular weight excluding hydrogens is 643 g/mol. The van der Waals surface area contributed by atoms with Crippen LogP contribution in [-0.2, 0) is 26.1 Å². The Labute approximate surface area is 283 Å². The molecule has 0 aliphatic carbocycles. The van der Waals surface area contributed by atoms with Gasteiger partial charge in [-0.25, -0.2) is 10.0 Å². The third kappa shape index (κ3) is 7.81. The van der Waals surface area contributed by atoms with Gasteiger partial charge in [-0.1, -0.05) is 48.5 Å². The zero-order valence-corrected chi connectivity index (χ0v) is 27.4. The van der Waals surface area contributed by atoms with Gasteiger partial charge in [0.1, 0.15) is 23.0 Å². The molecule has 10 nitrogen and oxygen atoms in total. The monoisotopic (exact) mass is 678 g/mol. The van der Waals surface area contributed by atoms with Gasteiger partial charge in [0.05, 0.1) is 37.7 Å². The van der Waals surface area contributed by atoms with Crippen molar-refractivity contribution < 1.29 is 45.8 Å². The van der Waals surface area contributed by atoms with Crippen LogP contribution < -0.4 is 9.47 Å². The molecule has 4 aromatic carbocycles. The third-order valence-corrected chi connectivity index (χ3v) is 7.90. The van der Waals surface area contributed by atoms with E-state index in [-0.39, 0.29) is 51.9 Å². The van der Waals surface area contributed by atoms with Crippen LogP contribution in [0.1, 0.15) is 61.0 Å². The number of rotatable bonds is 6. The summed E-state index contributed by atoms with van der Waals surface area (Å²) in [4.78, 5) is 23.9. The Bertz CT molecular complexity index is 1640. The Balaban J connectivity index is 0.000000208. The summed E-state index contributed by atoms with van der Waals surface area (Å²) in [7, 11) is 3.23. The minimum atomic E-state index is -0.173. The summed E-state index contributed by atoms with van der Waals surface area (Å²) >= 11 is 0. The molecule has 0 saturated carbocycles. The first-order valence-electron chi connectivity index (χ1n) is 14.8.